The van der Waals surface area contributed by atoms with Crippen molar-refractivity contribution >= 4 is 11.7 Å². The van der Waals surface area contributed by atoms with E-state index >= 15 is 0 Å². The molecule has 0 aliphatic heterocycles. The summed E-state index contributed by atoms with van der Waals surface area (Å²) in [5, 5.41) is 0. The maximum atomic E-state index is 11.8. The number of nitrogen functional groups attached to an aromatic ring is 1. The largest absolute Gasteiger partial charge is 0.573 e. The second-order valence-corrected chi connectivity index (χ2v) is 2.53. The van der Waals surface area contributed by atoms with Crippen molar-refractivity contribution in [1.29, 1.82) is 0 Å². The number of hydrogen-bond donors (Lipinski definition) is 2. The van der Waals surface area contributed by atoms with E-state index in [1.165, 1.54) is 0 Å². The lowest BCUT2D eigenvalue weighted by Gasteiger charge is -2.09. The summed E-state index contributed by atoms with van der Waals surface area (Å²) < 4.78 is 39.0. The molecule has 82 valence electrons. The van der Waals surface area contributed by atoms with Gasteiger partial charge in [-0.2, -0.15) is 0 Å². The first-order chi connectivity index (χ1) is 6.78. The van der Waals surface area contributed by atoms with Crippen LogP contribution in [-0.2, 0) is 0 Å². The van der Waals surface area contributed by atoms with Crippen LogP contribution in [0.25, 0.3) is 0 Å². The van der Waals surface area contributed by atoms with Gasteiger partial charge in [0.1, 0.15) is 17.3 Å². The Balaban J connectivity index is 3.04. The van der Waals surface area contributed by atoms with E-state index in [1.807, 2.05) is 0 Å². The van der Waals surface area contributed by atoms with Gasteiger partial charge in [-0.15, -0.1) is 13.2 Å². The maximum Gasteiger partial charge on any atom is 0.573 e. The SMILES string of the molecule is NC(=O)c1cc(OC(F)(F)F)cc(N)n1. The first kappa shape index (κ1) is 11.1. The summed E-state index contributed by atoms with van der Waals surface area (Å²) in [5.74, 6) is -1.91. The molecule has 1 rings (SSSR count). The summed E-state index contributed by atoms with van der Waals surface area (Å²) >= 11 is 0. The van der Waals surface area contributed by atoms with Crippen molar-refractivity contribution in [1.82, 2.24) is 4.98 Å². The van der Waals surface area contributed by atoms with Gasteiger partial charge >= 0.3 is 6.36 Å². The fraction of sp³-hybridized carbons (Fsp3) is 0.143. The van der Waals surface area contributed by atoms with Crippen LogP contribution in [-0.4, -0.2) is 17.3 Å². The molecule has 0 atom stereocenters. The minimum absolute atomic E-state index is 0.287. The second kappa shape index (κ2) is 3.64. The number of anilines is 1. The Morgan fingerprint density at radius 3 is 2.47 bits per heavy atom. The van der Waals surface area contributed by atoms with Gasteiger partial charge in [-0.25, -0.2) is 4.98 Å². The Morgan fingerprint density at radius 2 is 2.00 bits per heavy atom. The minimum atomic E-state index is -4.86. The molecule has 1 aromatic heterocycles. The van der Waals surface area contributed by atoms with Crippen molar-refractivity contribution in [3.63, 3.8) is 0 Å². The Morgan fingerprint density at radius 1 is 1.40 bits per heavy atom. The fourth-order valence-corrected chi connectivity index (χ4v) is 0.845. The van der Waals surface area contributed by atoms with Crippen LogP contribution in [0.15, 0.2) is 12.1 Å². The van der Waals surface area contributed by atoms with Crippen molar-refractivity contribution < 1.29 is 22.7 Å². The highest BCUT2D eigenvalue weighted by Crippen LogP contribution is 2.24. The van der Waals surface area contributed by atoms with Crippen molar-refractivity contribution in [3.05, 3.63) is 17.8 Å². The summed E-state index contributed by atoms with van der Waals surface area (Å²) in [7, 11) is 0. The molecule has 5 nitrogen and oxygen atoms in total. The lowest BCUT2D eigenvalue weighted by molar-refractivity contribution is -0.274. The Kier molecular flexibility index (Phi) is 2.69. The van der Waals surface area contributed by atoms with E-state index < -0.39 is 23.7 Å². The van der Waals surface area contributed by atoms with E-state index in [0.29, 0.717) is 0 Å². The van der Waals surface area contributed by atoms with Crippen LogP contribution in [0.1, 0.15) is 10.5 Å². The summed E-state index contributed by atoms with van der Waals surface area (Å²) in [6.07, 6.45) is -4.86. The number of primary amides is 1. The van der Waals surface area contributed by atoms with Crippen LogP contribution in [0, 0.1) is 0 Å². The van der Waals surface area contributed by atoms with Gasteiger partial charge in [-0.1, -0.05) is 0 Å². The number of carbonyl (C=O) groups is 1. The molecule has 15 heavy (non-hydrogen) atoms. The maximum absolute atomic E-state index is 11.8. The fourth-order valence-electron chi connectivity index (χ4n) is 0.845. The first-order valence-electron chi connectivity index (χ1n) is 3.61. The third-order valence-electron chi connectivity index (χ3n) is 1.30. The topological polar surface area (TPSA) is 91.2 Å². The van der Waals surface area contributed by atoms with E-state index in [0.717, 1.165) is 12.1 Å². The molecule has 1 aromatic rings. The van der Waals surface area contributed by atoms with Gasteiger partial charge in [0, 0.05) is 12.1 Å². The van der Waals surface area contributed by atoms with Gasteiger partial charge in [0.05, 0.1) is 0 Å². The number of nitrogens with two attached hydrogens (primary N) is 2. The molecular weight excluding hydrogens is 215 g/mol. The van der Waals surface area contributed by atoms with E-state index in [9.17, 15) is 18.0 Å². The Labute approximate surface area is 81.8 Å². The van der Waals surface area contributed by atoms with Crippen molar-refractivity contribution in [2.45, 2.75) is 6.36 Å². The second-order valence-electron chi connectivity index (χ2n) is 2.53. The average Bonchev–Trinajstić information content (AvgIpc) is 1.99. The third-order valence-corrected chi connectivity index (χ3v) is 1.30. The smallest absolute Gasteiger partial charge is 0.406 e. The summed E-state index contributed by atoms with van der Waals surface area (Å²) in [6.45, 7) is 0. The highest BCUT2D eigenvalue weighted by Gasteiger charge is 2.31. The van der Waals surface area contributed by atoms with Gasteiger partial charge in [0.15, 0.2) is 0 Å². The van der Waals surface area contributed by atoms with Gasteiger partial charge in [-0.05, 0) is 0 Å². The van der Waals surface area contributed by atoms with Gasteiger partial charge < -0.3 is 16.2 Å². The van der Waals surface area contributed by atoms with Gasteiger partial charge in [-0.3, -0.25) is 4.79 Å². The molecule has 0 bridgehead atoms. The van der Waals surface area contributed by atoms with Gasteiger partial charge in [0.25, 0.3) is 5.91 Å². The Hall–Kier alpha value is -1.99. The molecule has 0 saturated heterocycles. The van der Waals surface area contributed by atoms with E-state index in [2.05, 4.69) is 9.72 Å². The van der Waals surface area contributed by atoms with E-state index in [1.54, 1.807) is 0 Å². The molecule has 0 spiro atoms. The molecule has 0 unspecified atom stereocenters. The van der Waals surface area contributed by atoms with Crippen LogP contribution in [0.2, 0.25) is 0 Å². The minimum Gasteiger partial charge on any atom is -0.406 e. The predicted octanol–water partition coefficient (Wildman–Crippen LogP) is 0.661. The molecule has 1 amide bonds. The lowest BCUT2D eigenvalue weighted by Crippen LogP contribution is -2.19. The van der Waals surface area contributed by atoms with Crippen LogP contribution in [0.5, 0.6) is 5.75 Å². The summed E-state index contributed by atoms with van der Waals surface area (Å²) in [5.41, 5.74) is 9.58. The number of nitrogens with zero attached hydrogens (tertiary/aromatic N) is 1. The number of halogens is 3. The molecule has 1 heterocycles. The number of hydrogen-bond acceptors (Lipinski definition) is 4. The first-order valence-corrected chi connectivity index (χ1v) is 3.61. The number of ether oxygens (including phenoxy) is 1. The van der Waals surface area contributed by atoms with Crippen molar-refractivity contribution in [3.8, 4) is 5.75 Å². The molecular formula is C7H6F3N3O2. The monoisotopic (exact) mass is 221 g/mol. The Bertz CT molecular complexity index is 392. The molecule has 0 aliphatic rings. The average molecular weight is 221 g/mol. The zero-order valence-corrected chi connectivity index (χ0v) is 7.21. The molecule has 0 saturated carbocycles. The van der Waals surface area contributed by atoms with Crippen LogP contribution >= 0.6 is 0 Å². The quantitative estimate of drug-likeness (QED) is 0.767. The van der Waals surface area contributed by atoms with Crippen LogP contribution < -0.4 is 16.2 Å². The number of pyridine rings is 1. The predicted molar refractivity (Wildman–Crippen MR) is 43.9 cm³/mol. The molecule has 4 N–H and O–H groups in total. The summed E-state index contributed by atoms with van der Waals surface area (Å²) in [4.78, 5) is 14.1. The number of rotatable bonds is 2. The number of aromatic nitrogens is 1. The number of carbonyl (C=O) groups excluding carboxylic acids is 1. The van der Waals surface area contributed by atoms with E-state index in [4.69, 9.17) is 11.5 Å². The standard InChI is InChI=1S/C7H6F3N3O2/c8-7(9,10)15-3-1-4(6(12)14)13-5(11)2-3/h1-2H,(H2,11,13)(H2,12,14). The van der Waals surface area contributed by atoms with Crippen LogP contribution in [0.3, 0.4) is 0 Å². The summed E-state index contributed by atoms with van der Waals surface area (Å²) in [6, 6.07) is 1.59. The molecule has 0 aliphatic carbocycles. The third kappa shape index (κ3) is 3.33. The number of alkyl halides is 3. The molecule has 0 fully saturated rings. The number of amides is 1. The van der Waals surface area contributed by atoms with Crippen LogP contribution in [0.4, 0.5) is 19.0 Å². The normalized spacial score (nSPS) is 11.1. The van der Waals surface area contributed by atoms with Crippen molar-refractivity contribution in [2.24, 2.45) is 5.73 Å². The van der Waals surface area contributed by atoms with Gasteiger partial charge in [0.2, 0.25) is 0 Å². The molecule has 0 aromatic carbocycles. The molecule has 0 radical (unpaired) electrons. The highest BCUT2D eigenvalue weighted by molar-refractivity contribution is 5.91. The van der Waals surface area contributed by atoms with E-state index in [-0.39, 0.29) is 5.82 Å². The zero-order valence-electron chi connectivity index (χ0n) is 7.21. The zero-order chi connectivity index (χ0) is 11.6. The lowest BCUT2D eigenvalue weighted by atomic mass is 10.3. The van der Waals surface area contributed by atoms with Crippen molar-refractivity contribution in [2.75, 3.05) is 5.73 Å². The molecule has 8 heteroatoms. The highest BCUT2D eigenvalue weighted by atomic mass is 19.4.